The molecule has 1 amide bonds. The van der Waals surface area contributed by atoms with Gasteiger partial charge in [0.25, 0.3) is 5.91 Å². The summed E-state index contributed by atoms with van der Waals surface area (Å²) in [4.78, 5) is 45.8. The second kappa shape index (κ2) is 10.7. The Kier molecular flexibility index (Phi) is 7.49. The summed E-state index contributed by atoms with van der Waals surface area (Å²) in [6.45, 7) is 5.19. The summed E-state index contributed by atoms with van der Waals surface area (Å²) >= 11 is 1.31. The van der Waals surface area contributed by atoms with Crippen molar-refractivity contribution in [2.24, 2.45) is 0 Å². The number of esters is 1. The van der Waals surface area contributed by atoms with E-state index in [0.717, 1.165) is 5.56 Å². The van der Waals surface area contributed by atoms with Crippen molar-refractivity contribution in [3.63, 3.8) is 0 Å². The van der Waals surface area contributed by atoms with Crippen molar-refractivity contribution in [3.8, 4) is 0 Å². The predicted molar refractivity (Wildman–Crippen MR) is 136 cm³/mol. The fourth-order valence-electron chi connectivity index (χ4n) is 3.87. The van der Waals surface area contributed by atoms with Crippen LogP contribution in [0.1, 0.15) is 47.8 Å². The molecule has 0 fully saturated rings. The Hall–Kier alpha value is -3.99. The molecular formula is C25H26N6O4S. The highest BCUT2D eigenvalue weighted by atomic mass is 32.2. The van der Waals surface area contributed by atoms with Crippen LogP contribution in [0.3, 0.4) is 0 Å². The SMILES string of the molecule is COC(=O)CCSc1nc2n(n1)C(c1cccc(C(C)=O)c1)C(C(=O)Nc1cncc(C)c1)=C(C)N2. The largest absolute Gasteiger partial charge is 0.469 e. The summed E-state index contributed by atoms with van der Waals surface area (Å²) in [6.07, 6.45) is 3.51. The lowest BCUT2D eigenvalue weighted by atomic mass is 9.93. The van der Waals surface area contributed by atoms with Crippen LogP contribution in [0.4, 0.5) is 11.6 Å². The van der Waals surface area contributed by atoms with E-state index in [1.807, 2.05) is 19.1 Å². The van der Waals surface area contributed by atoms with Crippen molar-refractivity contribution in [1.82, 2.24) is 19.7 Å². The van der Waals surface area contributed by atoms with Gasteiger partial charge in [0.2, 0.25) is 11.1 Å². The number of ketones is 1. The minimum atomic E-state index is -0.638. The van der Waals surface area contributed by atoms with Crippen LogP contribution >= 0.6 is 11.8 Å². The average Bonchev–Trinajstić information content (AvgIpc) is 3.25. The molecule has 1 aliphatic heterocycles. The number of carbonyl (C=O) groups excluding carboxylic acids is 3. The lowest BCUT2D eigenvalue weighted by molar-refractivity contribution is -0.140. The highest BCUT2D eigenvalue weighted by molar-refractivity contribution is 7.99. The number of ether oxygens (including phenoxy) is 1. The van der Waals surface area contributed by atoms with Gasteiger partial charge in [-0.1, -0.05) is 30.0 Å². The highest BCUT2D eigenvalue weighted by Crippen LogP contribution is 2.37. The molecule has 3 heterocycles. The van der Waals surface area contributed by atoms with Crippen LogP contribution in [0.25, 0.3) is 0 Å². The van der Waals surface area contributed by atoms with Crippen LogP contribution in [-0.2, 0) is 14.3 Å². The van der Waals surface area contributed by atoms with E-state index in [-0.39, 0.29) is 24.1 Å². The monoisotopic (exact) mass is 506 g/mol. The van der Waals surface area contributed by atoms with Crippen LogP contribution < -0.4 is 10.6 Å². The number of nitrogens with zero attached hydrogens (tertiary/aromatic N) is 4. The molecule has 1 atom stereocenters. The molecule has 10 nitrogen and oxygen atoms in total. The van der Waals surface area contributed by atoms with E-state index in [2.05, 4.69) is 25.7 Å². The number of methoxy groups -OCH3 is 1. The zero-order valence-corrected chi connectivity index (χ0v) is 21.2. The lowest BCUT2D eigenvalue weighted by Gasteiger charge is -2.28. The molecule has 0 radical (unpaired) electrons. The number of hydrogen-bond acceptors (Lipinski definition) is 9. The first-order valence-corrected chi connectivity index (χ1v) is 12.2. The number of Topliss-reactive ketones (excluding diaryl/α,β-unsaturated/α-hetero) is 1. The molecule has 3 aromatic rings. The number of allylic oxidation sites excluding steroid dienone is 1. The molecule has 2 N–H and O–H groups in total. The fraction of sp³-hybridized carbons (Fsp3) is 0.280. The van der Waals surface area contributed by atoms with Gasteiger partial charge < -0.3 is 15.4 Å². The van der Waals surface area contributed by atoms with E-state index in [9.17, 15) is 14.4 Å². The quantitative estimate of drug-likeness (QED) is 0.266. The third-order valence-electron chi connectivity index (χ3n) is 5.58. The Morgan fingerprint density at radius 1 is 1.19 bits per heavy atom. The topological polar surface area (TPSA) is 128 Å². The third-order valence-corrected chi connectivity index (χ3v) is 6.42. The van der Waals surface area contributed by atoms with Gasteiger partial charge in [0.1, 0.15) is 6.04 Å². The standard InChI is InChI=1S/C25H26N6O4S/c1-14-10-19(13-26-12-14)28-23(34)21-15(2)27-24-29-25(36-9-8-20(33)35-4)30-31(24)22(21)18-7-5-6-17(11-18)16(3)32/h5-7,10-13,22H,8-9H2,1-4H3,(H,28,34)(H,27,29,30). The second-order valence-electron chi connectivity index (χ2n) is 8.29. The molecule has 186 valence electrons. The van der Waals surface area contributed by atoms with E-state index in [0.29, 0.717) is 44.9 Å². The zero-order chi connectivity index (χ0) is 25.8. The summed E-state index contributed by atoms with van der Waals surface area (Å²) in [6, 6.07) is 8.33. The number of hydrogen-bond donors (Lipinski definition) is 2. The van der Waals surface area contributed by atoms with E-state index in [1.165, 1.54) is 25.8 Å². The van der Waals surface area contributed by atoms with E-state index >= 15 is 0 Å². The average molecular weight is 507 g/mol. The molecule has 11 heteroatoms. The Morgan fingerprint density at radius 2 is 2.00 bits per heavy atom. The Morgan fingerprint density at radius 3 is 2.72 bits per heavy atom. The van der Waals surface area contributed by atoms with Crippen LogP contribution in [-0.4, -0.2) is 50.3 Å². The minimum absolute atomic E-state index is 0.0822. The summed E-state index contributed by atoms with van der Waals surface area (Å²) in [5.41, 5.74) is 3.77. The Bertz CT molecular complexity index is 1370. The molecule has 1 unspecified atom stereocenters. The number of benzene rings is 1. The number of fused-ring (bicyclic) bond motifs is 1. The van der Waals surface area contributed by atoms with E-state index < -0.39 is 6.04 Å². The molecule has 4 rings (SSSR count). The smallest absolute Gasteiger partial charge is 0.306 e. The van der Waals surface area contributed by atoms with Crippen LogP contribution in [0.2, 0.25) is 0 Å². The molecule has 36 heavy (non-hydrogen) atoms. The van der Waals surface area contributed by atoms with Crippen molar-refractivity contribution in [1.29, 1.82) is 0 Å². The van der Waals surface area contributed by atoms with Gasteiger partial charge >= 0.3 is 5.97 Å². The maximum atomic E-state index is 13.6. The Balaban J connectivity index is 1.72. The molecule has 0 spiro atoms. The first-order chi connectivity index (χ1) is 17.3. The number of carbonyl (C=O) groups is 3. The van der Waals surface area contributed by atoms with E-state index in [4.69, 9.17) is 4.74 Å². The number of anilines is 2. The predicted octanol–water partition coefficient (Wildman–Crippen LogP) is 3.77. The molecular weight excluding hydrogens is 480 g/mol. The molecule has 0 bridgehead atoms. The molecule has 0 saturated carbocycles. The van der Waals surface area contributed by atoms with Gasteiger partial charge in [-0.3, -0.25) is 19.4 Å². The van der Waals surface area contributed by atoms with Crippen molar-refractivity contribution in [2.75, 3.05) is 23.5 Å². The van der Waals surface area contributed by atoms with Crippen molar-refractivity contribution in [3.05, 3.63) is 70.7 Å². The molecule has 1 aliphatic rings. The van der Waals surface area contributed by atoms with E-state index in [1.54, 1.807) is 42.2 Å². The number of nitrogens with one attached hydrogen (secondary N) is 2. The van der Waals surface area contributed by atoms with Gasteiger partial charge in [-0.25, -0.2) is 4.68 Å². The van der Waals surface area contributed by atoms with Gasteiger partial charge in [0.15, 0.2) is 5.78 Å². The lowest BCUT2D eigenvalue weighted by Crippen LogP contribution is -2.31. The first kappa shape index (κ1) is 25.1. The number of rotatable bonds is 8. The molecule has 0 saturated heterocycles. The summed E-state index contributed by atoms with van der Waals surface area (Å²) < 4.78 is 6.33. The number of amides is 1. The second-order valence-corrected chi connectivity index (χ2v) is 9.35. The van der Waals surface area contributed by atoms with Gasteiger partial charge in [-0.15, -0.1) is 5.10 Å². The number of thioether (sulfide) groups is 1. The van der Waals surface area contributed by atoms with Gasteiger partial charge in [0, 0.05) is 23.2 Å². The summed E-state index contributed by atoms with van der Waals surface area (Å²) in [7, 11) is 1.35. The van der Waals surface area contributed by atoms with Crippen LogP contribution in [0.15, 0.2) is 59.2 Å². The van der Waals surface area contributed by atoms with Gasteiger partial charge in [-0.2, -0.15) is 4.98 Å². The highest BCUT2D eigenvalue weighted by Gasteiger charge is 2.34. The van der Waals surface area contributed by atoms with Crippen LogP contribution in [0.5, 0.6) is 0 Å². The minimum Gasteiger partial charge on any atom is -0.469 e. The van der Waals surface area contributed by atoms with Crippen molar-refractivity contribution >= 4 is 41.1 Å². The number of aryl methyl sites for hydroxylation is 1. The van der Waals surface area contributed by atoms with Crippen molar-refractivity contribution < 1.29 is 19.1 Å². The maximum absolute atomic E-state index is 13.6. The summed E-state index contributed by atoms with van der Waals surface area (Å²) in [5, 5.41) is 11.2. The molecule has 1 aromatic carbocycles. The van der Waals surface area contributed by atoms with Gasteiger partial charge in [0.05, 0.1) is 31.0 Å². The molecule has 2 aromatic heterocycles. The van der Waals surface area contributed by atoms with Crippen molar-refractivity contribution in [2.45, 2.75) is 38.4 Å². The third kappa shape index (κ3) is 5.46. The molecule has 0 aliphatic carbocycles. The zero-order valence-electron chi connectivity index (χ0n) is 20.4. The fourth-order valence-corrected chi connectivity index (χ4v) is 4.62. The number of pyridine rings is 1. The number of aromatic nitrogens is 4. The first-order valence-electron chi connectivity index (χ1n) is 11.2. The Labute approximate surface area is 212 Å². The van der Waals surface area contributed by atoms with Gasteiger partial charge in [-0.05, 0) is 44.0 Å². The maximum Gasteiger partial charge on any atom is 0.306 e. The summed E-state index contributed by atoms with van der Waals surface area (Å²) in [5.74, 6) is 0.180. The van der Waals surface area contributed by atoms with Crippen LogP contribution in [0, 0.1) is 6.92 Å². The normalized spacial score (nSPS) is 14.6.